The van der Waals surface area contributed by atoms with Gasteiger partial charge in [-0.2, -0.15) is 0 Å². The molecular weight excluding hydrogens is 380 g/mol. The lowest BCUT2D eigenvalue weighted by Gasteiger charge is -2.36. The molecule has 0 radical (unpaired) electrons. The van der Waals surface area contributed by atoms with Gasteiger partial charge in [0.25, 0.3) is 0 Å². The third-order valence-corrected chi connectivity index (χ3v) is 4.81. The van der Waals surface area contributed by atoms with E-state index in [-0.39, 0.29) is 12.1 Å². The van der Waals surface area contributed by atoms with Gasteiger partial charge in [-0.05, 0) is 63.6 Å². The van der Waals surface area contributed by atoms with E-state index in [0.29, 0.717) is 13.1 Å². The predicted molar refractivity (Wildman–Crippen MR) is 120 cm³/mol. The van der Waals surface area contributed by atoms with Crippen LogP contribution in [0, 0.1) is 6.92 Å². The molecule has 1 saturated heterocycles. The first-order chi connectivity index (χ1) is 14.2. The van der Waals surface area contributed by atoms with Crippen molar-refractivity contribution in [2.24, 2.45) is 0 Å². The van der Waals surface area contributed by atoms with E-state index in [9.17, 15) is 9.59 Å². The van der Waals surface area contributed by atoms with Crippen LogP contribution in [-0.4, -0.2) is 48.8 Å². The van der Waals surface area contributed by atoms with Gasteiger partial charge in [-0.3, -0.25) is 0 Å². The van der Waals surface area contributed by atoms with Crippen LogP contribution in [0.5, 0.6) is 0 Å². The molecule has 1 aliphatic rings. The van der Waals surface area contributed by atoms with Crippen LogP contribution < -0.4 is 15.5 Å². The van der Waals surface area contributed by atoms with Crippen LogP contribution in [-0.2, 0) is 4.74 Å². The van der Waals surface area contributed by atoms with Gasteiger partial charge in [0.05, 0.1) is 0 Å². The largest absolute Gasteiger partial charge is 0.444 e. The maximum Gasteiger partial charge on any atom is 0.410 e. The van der Waals surface area contributed by atoms with E-state index in [1.807, 2.05) is 76.2 Å². The second kappa shape index (κ2) is 9.07. The van der Waals surface area contributed by atoms with Crippen LogP contribution in [0.1, 0.15) is 26.3 Å². The van der Waals surface area contributed by atoms with Gasteiger partial charge in [0.2, 0.25) is 0 Å². The average molecular weight is 411 g/mol. The van der Waals surface area contributed by atoms with Gasteiger partial charge in [0.1, 0.15) is 5.60 Å². The molecule has 0 bridgehead atoms. The van der Waals surface area contributed by atoms with Crippen LogP contribution in [0.15, 0.2) is 48.5 Å². The first kappa shape index (κ1) is 21.5. The first-order valence-corrected chi connectivity index (χ1v) is 10.2. The van der Waals surface area contributed by atoms with Crippen molar-refractivity contribution in [2.45, 2.75) is 33.3 Å². The molecule has 0 aromatic heterocycles. The number of anilines is 3. The Morgan fingerprint density at radius 3 is 2.13 bits per heavy atom. The number of urea groups is 1. The van der Waals surface area contributed by atoms with E-state index in [4.69, 9.17) is 4.74 Å². The minimum absolute atomic E-state index is 0.263. The summed E-state index contributed by atoms with van der Waals surface area (Å²) in [7, 11) is 0. The van der Waals surface area contributed by atoms with Crippen LogP contribution in [0.25, 0.3) is 0 Å². The lowest BCUT2D eigenvalue weighted by molar-refractivity contribution is 0.0240. The maximum atomic E-state index is 12.2. The van der Waals surface area contributed by atoms with E-state index in [2.05, 4.69) is 15.5 Å². The standard InChI is InChI=1S/C23H30N4O3/c1-17-7-5-6-8-20(17)25-21(28)24-18-9-11-19(12-10-18)26-13-15-27(16-14-26)22(29)30-23(2,3)4/h5-12H,13-16H2,1-4H3,(H2,24,25,28). The van der Waals surface area contributed by atoms with Crippen molar-refractivity contribution in [1.29, 1.82) is 0 Å². The molecule has 2 aromatic rings. The number of nitrogens with zero attached hydrogens (tertiary/aromatic N) is 2. The highest BCUT2D eigenvalue weighted by Crippen LogP contribution is 2.21. The molecule has 7 heteroatoms. The smallest absolute Gasteiger partial charge is 0.410 e. The summed E-state index contributed by atoms with van der Waals surface area (Å²) >= 11 is 0. The Bertz CT molecular complexity index is 882. The molecule has 7 nitrogen and oxygen atoms in total. The van der Waals surface area contributed by atoms with Gasteiger partial charge >= 0.3 is 12.1 Å². The van der Waals surface area contributed by atoms with E-state index in [1.54, 1.807) is 4.90 Å². The van der Waals surface area contributed by atoms with Crippen LogP contribution in [0.4, 0.5) is 26.7 Å². The number of carbonyl (C=O) groups excluding carboxylic acids is 2. The lowest BCUT2D eigenvalue weighted by atomic mass is 10.2. The number of hydrogen-bond acceptors (Lipinski definition) is 4. The zero-order valence-corrected chi connectivity index (χ0v) is 18.1. The maximum absolute atomic E-state index is 12.2. The summed E-state index contributed by atoms with van der Waals surface area (Å²) in [5.41, 5.74) is 3.09. The molecule has 3 rings (SSSR count). The number of hydrogen-bond donors (Lipinski definition) is 2. The molecule has 30 heavy (non-hydrogen) atoms. The van der Waals surface area contributed by atoms with Crippen molar-refractivity contribution < 1.29 is 14.3 Å². The molecular formula is C23H30N4O3. The minimum atomic E-state index is -0.484. The highest BCUT2D eigenvalue weighted by molar-refractivity contribution is 6.00. The Kier molecular flexibility index (Phi) is 6.50. The normalized spacial score (nSPS) is 14.3. The lowest BCUT2D eigenvalue weighted by Crippen LogP contribution is -2.50. The number of piperazine rings is 1. The number of benzene rings is 2. The Morgan fingerprint density at radius 1 is 0.900 bits per heavy atom. The summed E-state index contributed by atoms with van der Waals surface area (Å²) in [6.07, 6.45) is -0.263. The SMILES string of the molecule is Cc1ccccc1NC(=O)Nc1ccc(N2CCN(C(=O)OC(C)(C)C)CC2)cc1. The molecule has 0 atom stereocenters. The Labute approximate surface area is 178 Å². The van der Waals surface area contributed by atoms with Crippen molar-refractivity contribution in [2.75, 3.05) is 41.7 Å². The van der Waals surface area contributed by atoms with Crippen LogP contribution in [0.3, 0.4) is 0 Å². The van der Waals surface area contributed by atoms with Gasteiger partial charge < -0.3 is 25.2 Å². The van der Waals surface area contributed by atoms with E-state index < -0.39 is 5.60 Å². The zero-order chi connectivity index (χ0) is 21.7. The van der Waals surface area contributed by atoms with Gasteiger partial charge in [-0.1, -0.05) is 18.2 Å². The van der Waals surface area contributed by atoms with Gasteiger partial charge in [-0.15, -0.1) is 0 Å². The molecule has 0 saturated carbocycles. The number of aryl methyl sites for hydroxylation is 1. The topological polar surface area (TPSA) is 73.9 Å². The number of amides is 3. The Morgan fingerprint density at radius 2 is 1.53 bits per heavy atom. The summed E-state index contributed by atoms with van der Waals surface area (Å²) in [6.45, 7) is 10.3. The van der Waals surface area contributed by atoms with Crippen molar-refractivity contribution in [3.63, 3.8) is 0 Å². The first-order valence-electron chi connectivity index (χ1n) is 10.2. The molecule has 2 aromatic carbocycles. The van der Waals surface area contributed by atoms with Gasteiger partial charge in [0.15, 0.2) is 0 Å². The van der Waals surface area contributed by atoms with Crippen LogP contribution >= 0.6 is 0 Å². The number of carbonyl (C=O) groups is 2. The van der Waals surface area contributed by atoms with Gasteiger partial charge in [0, 0.05) is 43.2 Å². The molecule has 2 N–H and O–H groups in total. The third-order valence-electron chi connectivity index (χ3n) is 4.81. The fraction of sp³-hybridized carbons (Fsp3) is 0.391. The molecule has 0 unspecified atom stereocenters. The van der Waals surface area contributed by atoms with Crippen molar-refractivity contribution in [3.8, 4) is 0 Å². The van der Waals surface area contributed by atoms with E-state index in [0.717, 1.165) is 35.7 Å². The number of nitrogens with one attached hydrogen (secondary N) is 2. The highest BCUT2D eigenvalue weighted by Gasteiger charge is 2.25. The minimum Gasteiger partial charge on any atom is -0.444 e. The van der Waals surface area contributed by atoms with Gasteiger partial charge in [-0.25, -0.2) is 9.59 Å². The summed E-state index contributed by atoms with van der Waals surface area (Å²) in [5.74, 6) is 0. The monoisotopic (exact) mass is 410 g/mol. The van der Waals surface area contributed by atoms with Crippen molar-refractivity contribution >= 4 is 29.2 Å². The van der Waals surface area contributed by atoms with Crippen molar-refractivity contribution in [1.82, 2.24) is 4.90 Å². The molecule has 3 amide bonds. The zero-order valence-electron chi connectivity index (χ0n) is 18.1. The summed E-state index contributed by atoms with van der Waals surface area (Å²) < 4.78 is 5.44. The number of ether oxygens (including phenoxy) is 1. The van der Waals surface area contributed by atoms with Crippen LogP contribution in [0.2, 0.25) is 0 Å². The molecule has 1 heterocycles. The Hall–Kier alpha value is -3.22. The van der Waals surface area contributed by atoms with E-state index >= 15 is 0 Å². The summed E-state index contributed by atoms with van der Waals surface area (Å²) in [5, 5.41) is 5.71. The highest BCUT2D eigenvalue weighted by atomic mass is 16.6. The van der Waals surface area contributed by atoms with E-state index in [1.165, 1.54) is 0 Å². The molecule has 0 aliphatic carbocycles. The molecule has 1 aliphatic heterocycles. The summed E-state index contributed by atoms with van der Waals surface area (Å²) in [4.78, 5) is 28.4. The fourth-order valence-corrected chi connectivity index (χ4v) is 3.23. The molecule has 160 valence electrons. The quantitative estimate of drug-likeness (QED) is 0.769. The molecule has 1 fully saturated rings. The number of para-hydroxylation sites is 1. The average Bonchev–Trinajstić information content (AvgIpc) is 2.69. The predicted octanol–water partition coefficient (Wildman–Crippen LogP) is 4.70. The fourth-order valence-electron chi connectivity index (χ4n) is 3.23. The number of rotatable bonds is 3. The van der Waals surface area contributed by atoms with Crippen molar-refractivity contribution in [3.05, 3.63) is 54.1 Å². The summed E-state index contributed by atoms with van der Waals surface area (Å²) in [6, 6.07) is 15.1. The molecule has 0 spiro atoms. The Balaban J connectivity index is 1.51. The second-order valence-corrected chi connectivity index (χ2v) is 8.40. The second-order valence-electron chi connectivity index (χ2n) is 8.40. The third kappa shape index (κ3) is 5.89.